The van der Waals surface area contributed by atoms with E-state index in [4.69, 9.17) is 16.3 Å². The van der Waals surface area contributed by atoms with E-state index in [0.29, 0.717) is 19.2 Å². The third-order valence-corrected chi connectivity index (χ3v) is 6.22. The van der Waals surface area contributed by atoms with Crippen LogP contribution in [0.25, 0.3) is 0 Å². The Morgan fingerprint density at radius 2 is 2.00 bits per heavy atom. The number of ether oxygens (including phenoxy) is 1. The quantitative estimate of drug-likeness (QED) is 0.723. The van der Waals surface area contributed by atoms with Gasteiger partial charge in [0.15, 0.2) is 0 Å². The lowest BCUT2D eigenvalue weighted by Crippen LogP contribution is -2.50. The van der Waals surface area contributed by atoms with Gasteiger partial charge in [0, 0.05) is 37.8 Å². The summed E-state index contributed by atoms with van der Waals surface area (Å²) >= 11 is 6.30. The molecule has 3 rings (SSSR count). The fourth-order valence-electron chi connectivity index (χ4n) is 4.28. The van der Waals surface area contributed by atoms with Crippen LogP contribution in [0.3, 0.4) is 0 Å². The van der Waals surface area contributed by atoms with E-state index in [0.717, 1.165) is 50.6 Å². The molecular formula is C21H32ClN3O2. The summed E-state index contributed by atoms with van der Waals surface area (Å²) in [5.74, 6) is 0.310. The van der Waals surface area contributed by atoms with E-state index in [1.807, 2.05) is 12.1 Å². The van der Waals surface area contributed by atoms with Gasteiger partial charge in [-0.15, -0.1) is 0 Å². The maximum absolute atomic E-state index is 12.4. The van der Waals surface area contributed by atoms with Gasteiger partial charge in [0.1, 0.15) is 0 Å². The highest BCUT2D eigenvalue weighted by Gasteiger charge is 2.31. The van der Waals surface area contributed by atoms with Crippen LogP contribution in [0.4, 0.5) is 0 Å². The number of carbonyl (C=O) groups is 1. The third kappa shape index (κ3) is 5.92. The minimum absolute atomic E-state index is 0.122. The Morgan fingerprint density at radius 3 is 2.74 bits per heavy atom. The molecule has 27 heavy (non-hydrogen) atoms. The molecule has 0 aliphatic carbocycles. The Balaban J connectivity index is 1.45. The van der Waals surface area contributed by atoms with E-state index < -0.39 is 0 Å². The van der Waals surface area contributed by atoms with Gasteiger partial charge in [0.25, 0.3) is 0 Å². The Labute approximate surface area is 168 Å². The molecule has 0 saturated carbocycles. The number of hydrogen-bond acceptors (Lipinski definition) is 4. The molecule has 1 N–H and O–H groups in total. The van der Waals surface area contributed by atoms with Gasteiger partial charge in [-0.3, -0.25) is 14.6 Å². The second kappa shape index (κ2) is 10.4. The Kier molecular flexibility index (Phi) is 7.94. The Hall–Kier alpha value is -1.14. The smallest absolute Gasteiger partial charge is 0.224 e. The van der Waals surface area contributed by atoms with Gasteiger partial charge in [0.2, 0.25) is 5.91 Å². The maximum Gasteiger partial charge on any atom is 0.224 e. The normalized spacial score (nSPS) is 22.7. The van der Waals surface area contributed by atoms with Crippen LogP contribution in [0.5, 0.6) is 0 Å². The lowest BCUT2D eigenvalue weighted by Gasteiger charge is -2.42. The molecule has 5 nitrogen and oxygen atoms in total. The topological polar surface area (TPSA) is 44.8 Å². The van der Waals surface area contributed by atoms with Crippen LogP contribution in [0.1, 0.15) is 31.2 Å². The number of hydrogen-bond donors (Lipinski definition) is 1. The fourth-order valence-corrected chi connectivity index (χ4v) is 4.48. The molecule has 0 unspecified atom stereocenters. The highest BCUT2D eigenvalue weighted by Crippen LogP contribution is 2.25. The number of benzene rings is 1. The highest BCUT2D eigenvalue weighted by molar-refractivity contribution is 6.31. The first-order valence-corrected chi connectivity index (χ1v) is 10.5. The van der Waals surface area contributed by atoms with Crippen molar-refractivity contribution in [3.05, 3.63) is 34.9 Å². The van der Waals surface area contributed by atoms with Crippen molar-refractivity contribution >= 4 is 17.5 Å². The number of methoxy groups -OCH3 is 1. The molecule has 0 bridgehead atoms. The average Bonchev–Trinajstić information content (AvgIpc) is 2.70. The number of amides is 1. The second-order valence-electron chi connectivity index (χ2n) is 7.72. The first-order chi connectivity index (χ1) is 13.2. The van der Waals surface area contributed by atoms with E-state index >= 15 is 0 Å². The van der Waals surface area contributed by atoms with Crippen LogP contribution in [-0.2, 0) is 16.1 Å². The number of carbonyl (C=O) groups excluding carboxylic acids is 1. The Bertz CT molecular complexity index is 605. The molecule has 1 aromatic carbocycles. The summed E-state index contributed by atoms with van der Waals surface area (Å²) in [7, 11) is 1.66. The number of rotatable bonds is 7. The molecule has 0 radical (unpaired) electrons. The van der Waals surface area contributed by atoms with Crippen LogP contribution < -0.4 is 5.32 Å². The van der Waals surface area contributed by atoms with Crippen LogP contribution in [0, 0.1) is 5.92 Å². The predicted molar refractivity (Wildman–Crippen MR) is 109 cm³/mol. The van der Waals surface area contributed by atoms with Gasteiger partial charge >= 0.3 is 0 Å². The molecular weight excluding hydrogens is 362 g/mol. The summed E-state index contributed by atoms with van der Waals surface area (Å²) in [6, 6.07) is 8.72. The van der Waals surface area contributed by atoms with Gasteiger partial charge in [-0.05, 0) is 56.9 Å². The van der Waals surface area contributed by atoms with Gasteiger partial charge in [-0.25, -0.2) is 0 Å². The monoisotopic (exact) mass is 393 g/mol. The summed E-state index contributed by atoms with van der Waals surface area (Å²) in [5, 5.41) is 3.86. The lowest BCUT2D eigenvalue weighted by molar-refractivity contribution is -0.127. The summed E-state index contributed by atoms with van der Waals surface area (Å²) < 4.78 is 5.02. The zero-order valence-corrected chi connectivity index (χ0v) is 17.1. The van der Waals surface area contributed by atoms with Gasteiger partial charge in [-0.2, -0.15) is 0 Å². The van der Waals surface area contributed by atoms with Crippen molar-refractivity contribution in [1.29, 1.82) is 0 Å². The standard InChI is InChI=1S/C21H32ClN3O2/c1-27-14-10-23-21(26)18-6-4-11-25(16-18)19-8-12-24(13-9-19)15-17-5-2-3-7-20(17)22/h2-3,5,7,18-19H,4,6,8-16H2,1H3,(H,23,26)/t18-/m1/s1. The van der Waals surface area contributed by atoms with Crippen molar-refractivity contribution in [3.63, 3.8) is 0 Å². The van der Waals surface area contributed by atoms with E-state index in [1.54, 1.807) is 7.11 Å². The number of nitrogens with zero attached hydrogens (tertiary/aromatic N) is 2. The third-order valence-electron chi connectivity index (χ3n) is 5.85. The van der Waals surface area contributed by atoms with E-state index in [9.17, 15) is 4.79 Å². The minimum atomic E-state index is 0.122. The van der Waals surface area contributed by atoms with E-state index in [2.05, 4.69) is 27.2 Å². The fraction of sp³-hybridized carbons (Fsp3) is 0.667. The van der Waals surface area contributed by atoms with Crippen LogP contribution in [0.15, 0.2) is 24.3 Å². The molecule has 2 fully saturated rings. The second-order valence-corrected chi connectivity index (χ2v) is 8.12. The number of nitrogens with one attached hydrogen (secondary N) is 1. The van der Waals surface area contributed by atoms with Crippen LogP contribution in [-0.4, -0.2) is 68.2 Å². The summed E-state index contributed by atoms with van der Waals surface area (Å²) in [5.41, 5.74) is 1.21. The van der Waals surface area contributed by atoms with Crippen molar-refractivity contribution < 1.29 is 9.53 Å². The molecule has 1 amide bonds. The number of halogens is 1. The van der Waals surface area contributed by atoms with Crippen molar-refractivity contribution in [2.45, 2.75) is 38.3 Å². The molecule has 0 aromatic heterocycles. The van der Waals surface area contributed by atoms with Crippen molar-refractivity contribution in [2.75, 3.05) is 46.4 Å². The molecule has 2 aliphatic heterocycles. The van der Waals surface area contributed by atoms with Crippen molar-refractivity contribution in [1.82, 2.24) is 15.1 Å². The van der Waals surface area contributed by atoms with Gasteiger partial charge in [0.05, 0.1) is 12.5 Å². The first kappa shape index (κ1) is 20.6. The Morgan fingerprint density at radius 1 is 1.22 bits per heavy atom. The van der Waals surface area contributed by atoms with Crippen molar-refractivity contribution in [2.24, 2.45) is 5.92 Å². The first-order valence-electron chi connectivity index (χ1n) is 10.1. The van der Waals surface area contributed by atoms with Gasteiger partial charge < -0.3 is 10.1 Å². The zero-order chi connectivity index (χ0) is 19.1. The molecule has 2 heterocycles. The maximum atomic E-state index is 12.4. The molecule has 0 spiro atoms. The predicted octanol–water partition coefficient (Wildman–Crippen LogP) is 2.78. The summed E-state index contributed by atoms with van der Waals surface area (Å²) in [6.07, 6.45) is 4.45. The SMILES string of the molecule is COCCNC(=O)[C@@H]1CCCN(C2CCN(Cc3ccccc3Cl)CC2)C1. The number of likely N-dealkylation sites (tertiary alicyclic amines) is 2. The summed E-state index contributed by atoms with van der Waals surface area (Å²) in [6.45, 7) is 6.31. The molecule has 2 aliphatic rings. The molecule has 2 saturated heterocycles. The number of piperidine rings is 2. The lowest BCUT2D eigenvalue weighted by atomic mass is 9.93. The molecule has 1 atom stereocenters. The average molecular weight is 394 g/mol. The zero-order valence-electron chi connectivity index (χ0n) is 16.3. The molecule has 6 heteroatoms. The van der Waals surface area contributed by atoms with E-state index in [1.165, 1.54) is 18.4 Å². The van der Waals surface area contributed by atoms with Crippen LogP contribution in [0.2, 0.25) is 5.02 Å². The molecule has 150 valence electrons. The largest absolute Gasteiger partial charge is 0.383 e. The highest BCUT2D eigenvalue weighted by atomic mass is 35.5. The van der Waals surface area contributed by atoms with E-state index in [-0.39, 0.29) is 11.8 Å². The van der Waals surface area contributed by atoms with Crippen molar-refractivity contribution in [3.8, 4) is 0 Å². The minimum Gasteiger partial charge on any atom is -0.383 e. The van der Waals surface area contributed by atoms with Gasteiger partial charge in [-0.1, -0.05) is 29.8 Å². The van der Waals surface area contributed by atoms with Crippen LogP contribution >= 0.6 is 11.6 Å². The molecule has 1 aromatic rings. The summed E-state index contributed by atoms with van der Waals surface area (Å²) in [4.78, 5) is 17.4.